The Bertz CT molecular complexity index is 874. The molecule has 2 aromatic rings. The van der Waals surface area contributed by atoms with Crippen LogP contribution in [0.4, 0.5) is 0 Å². The summed E-state index contributed by atoms with van der Waals surface area (Å²) in [5.41, 5.74) is 9.66. The number of carbonyl (C=O) groups is 1. The van der Waals surface area contributed by atoms with Crippen molar-refractivity contribution in [3.8, 4) is 17.8 Å². The van der Waals surface area contributed by atoms with Crippen LogP contribution in [0.25, 0.3) is 5.69 Å². The monoisotopic (exact) mass is 332 g/mol. The van der Waals surface area contributed by atoms with Crippen LogP contribution in [0.3, 0.4) is 0 Å². The SMILES string of the molecule is Cc1c(C(=O)CN)cc(CC2CC(C#N)C2)n1-c1ccc(C#N)cc1. The fourth-order valence-corrected chi connectivity index (χ4v) is 3.56. The minimum absolute atomic E-state index is 0.0163. The highest BCUT2D eigenvalue weighted by Gasteiger charge is 2.30. The third-order valence-electron chi connectivity index (χ3n) is 4.98. The van der Waals surface area contributed by atoms with Crippen LogP contribution >= 0.6 is 0 Å². The van der Waals surface area contributed by atoms with Crippen molar-refractivity contribution in [1.29, 1.82) is 10.5 Å². The van der Waals surface area contributed by atoms with Crippen molar-refractivity contribution in [3.63, 3.8) is 0 Å². The third kappa shape index (κ3) is 3.20. The molecule has 5 heteroatoms. The maximum atomic E-state index is 12.2. The summed E-state index contributed by atoms with van der Waals surface area (Å²) >= 11 is 0. The molecule has 5 nitrogen and oxygen atoms in total. The topological polar surface area (TPSA) is 95.6 Å². The summed E-state index contributed by atoms with van der Waals surface area (Å²) in [5, 5.41) is 17.9. The number of nitrogens with zero attached hydrogens (tertiary/aromatic N) is 3. The molecule has 1 aliphatic rings. The smallest absolute Gasteiger partial charge is 0.178 e. The molecule has 1 heterocycles. The molecule has 0 radical (unpaired) electrons. The van der Waals surface area contributed by atoms with Crippen LogP contribution in [0.15, 0.2) is 30.3 Å². The third-order valence-corrected chi connectivity index (χ3v) is 4.98. The van der Waals surface area contributed by atoms with Gasteiger partial charge in [-0.25, -0.2) is 0 Å². The fourth-order valence-electron chi connectivity index (χ4n) is 3.56. The van der Waals surface area contributed by atoms with Gasteiger partial charge in [-0.05, 0) is 62.4 Å². The van der Waals surface area contributed by atoms with Crippen molar-refractivity contribution >= 4 is 5.78 Å². The summed E-state index contributed by atoms with van der Waals surface area (Å²) in [4.78, 5) is 12.2. The first-order valence-electron chi connectivity index (χ1n) is 8.42. The molecule has 1 saturated carbocycles. The molecule has 25 heavy (non-hydrogen) atoms. The van der Waals surface area contributed by atoms with Gasteiger partial charge in [-0.3, -0.25) is 4.79 Å². The number of ketones is 1. The number of Topliss-reactive ketones (excluding diaryl/α,β-unsaturated/α-hetero) is 1. The van der Waals surface area contributed by atoms with E-state index in [2.05, 4.69) is 16.7 Å². The Morgan fingerprint density at radius 2 is 1.96 bits per heavy atom. The highest BCUT2D eigenvalue weighted by molar-refractivity contribution is 5.99. The van der Waals surface area contributed by atoms with Crippen LogP contribution in [0.2, 0.25) is 0 Å². The molecule has 0 atom stereocenters. The molecule has 0 bridgehead atoms. The molecule has 0 aliphatic heterocycles. The number of nitriles is 2. The van der Waals surface area contributed by atoms with Crippen LogP contribution in [-0.4, -0.2) is 16.9 Å². The van der Waals surface area contributed by atoms with E-state index in [0.717, 1.165) is 36.3 Å². The first kappa shape index (κ1) is 17.0. The zero-order chi connectivity index (χ0) is 18.0. The zero-order valence-electron chi connectivity index (χ0n) is 14.2. The number of carbonyl (C=O) groups excluding carboxylic acids is 1. The summed E-state index contributed by atoms with van der Waals surface area (Å²) < 4.78 is 2.07. The molecule has 1 aliphatic carbocycles. The Kier molecular flexibility index (Phi) is 4.70. The van der Waals surface area contributed by atoms with Gasteiger partial charge < -0.3 is 10.3 Å². The van der Waals surface area contributed by atoms with Crippen molar-refractivity contribution in [2.45, 2.75) is 26.2 Å². The summed E-state index contributed by atoms with van der Waals surface area (Å²) in [6.07, 6.45) is 2.65. The standard InChI is InChI=1S/C20H20N4O/c1-13-19(20(25)12-23)9-18(8-15-6-16(7-15)11-22)24(13)17-4-2-14(10-21)3-5-17/h2-5,9,15-16H,6-8,12,23H2,1H3. The predicted octanol–water partition coefficient (Wildman–Crippen LogP) is 2.89. The molecule has 0 saturated heterocycles. The molecule has 2 N–H and O–H groups in total. The van der Waals surface area contributed by atoms with Gasteiger partial charge in [0.25, 0.3) is 0 Å². The van der Waals surface area contributed by atoms with E-state index >= 15 is 0 Å². The Hall–Kier alpha value is -2.89. The lowest BCUT2D eigenvalue weighted by molar-refractivity contribution is 0.100. The number of hydrogen-bond acceptors (Lipinski definition) is 4. The minimum atomic E-state index is -0.0744. The second-order valence-corrected chi connectivity index (χ2v) is 6.62. The molecular formula is C20H20N4O. The second-order valence-electron chi connectivity index (χ2n) is 6.62. The lowest BCUT2D eigenvalue weighted by Gasteiger charge is -2.31. The molecule has 0 spiro atoms. The first-order valence-corrected chi connectivity index (χ1v) is 8.42. The van der Waals surface area contributed by atoms with Gasteiger partial charge in [0.15, 0.2) is 5.78 Å². The van der Waals surface area contributed by atoms with Crippen LogP contribution in [-0.2, 0) is 6.42 Å². The van der Waals surface area contributed by atoms with Crippen LogP contribution in [0.5, 0.6) is 0 Å². The van der Waals surface area contributed by atoms with E-state index in [1.54, 1.807) is 12.1 Å². The van der Waals surface area contributed by atoms with Gasteiger partial charge in [0.05, 0.1) is 24.2 Å². The maximum Gasteiger partial charge on any atom is 0.178 e. The van der Waals surface area contributed by atoms with E-state index in [1.807, 2.05) is 25.1 Å². The highest BCUT2D eigenvalue weighted by Crippen LogP contribution is 2.36. The van der Waals surface area contributed by atoms with Crippen molar-refractivity contribution in [1.82, 2.24) is 4.57 Å². The van der Waals surface area contributed by atoms with Crippen molar-refractivity contribution < 1.29 is 4.79 Å². The lowest BCUT2D eigenvalue weighted by atomic mass is 9.73. The number of hydrogen-bond donors (Lipinski definition) is 1. The molecule has 1 aromatic heterocycles. The maximum absolute atomic E-state index is 12.2. The minimum Gasteiger partial charge on any atom is -0.324 e. The van der Waals surface area contributed by atoms with Gasteiger partial charge in [0.1, 0.15) is 0 Å². The lowest BCUT2D eigenvalue weighted by Crippen LogP contribution is -2.25. The molecule has 0 unspecified atom stereocenters. The summed E-state index contributed by atoms with van der Waals surface area (Å²) in [6, 6.07) is 13.7. The van der Waals surface area contributed by atoms with Gasteiger partial charge in [-0.15, -0.1) is 0 Å². The number of benzene rings is 1. The fraction of sp³-hybridized carbons (Fsp3) is 0.350. The van der Waals surface area contributed by atoms with E-state index in [1.165, 1.54) is 0 Å². The Morgan fingerprint density at radius 1 is 1.28 bits per heavy atom. The Morgan fingerprint density at radius 3 is 2.52 bits per heavy atom. The normalized spacial score (nSPS) is 18.9. The molecular weight excluding hydrogens is 312 g/mol. The second kappa shape index (κ2) is 6.93. The molecule has 126 valence electrons. The van der Waals surface area contributed by atoms with Gasteiger partial charge in [0, 0.05) is 28.6 Å². The van der Waals surface area contributed by atoms with Gasteiger partial charge >= 0.3 is 0 Å². The summed E-state index contributed by atoms with van der Waals surface area (Å²) in [6.45, 7) is 1.90. The number of nitrogens with two attached hydrogens (primary N) is 1. The quantitative estimate of drug-likeness (QED) is 0.852. The molecule has 3 rings (SSSR count). The number of rotatable bonds is 5. The predicted molar refractivity (Wildman–Crippen MR) is 94.1 cm³/mol. The average molecular weight is 332 g/mol. The molecule has 1 aromatic carbocycles. The number of aromatic nitrogens is 1. The van der Waals surface area contributed by atoms with Crippen molar-refractivity contribution in [2.24, 2.45) is 17.6 Å². The van der Waals surface area contributed by atoms with Gasteiger partial charge in [-0.1, -0.05) is 0 Å². The Balaban J connectivity index is 1.98. The zero-order valence-corrected chi connectivity index (χ0v) is 14.2. The van der Waals surface area contributed by atoms with E-state index in [0.29, 0.717) is 17.0 Å². The van der Waals surface area contributed by atoms with E-state index in [9.17, 15) is 4.79 Å². The van der Waals surface area contributed by atoms with Gasteiger partial charge in [-0.2, -0.15) is 10.5 Å². The van der Waals surface area contributed by atoms with Gasteiger partial charge in [0.2, 0.25) is 0 Å². The highest BCUT2D eigenvalue weighted by atomic mass is 16.1. The van der Waals surface area contributed by atoms with Crippen LogP contribution in [0.1, 0.15) is 40.2 Å². The largest absolute Gasteiger partial charge is 0.324 e. The van der Waals surface area contributed by atoms with E-state index in [-0.39, 0.29) is 18.2 Å². The van der Waals surface area contributed by atoms with Crippen LogP contribution in [0, 0.1) is 41.4 Å². The van der Waals surface area contributed by atoms with E-state index < -0.39 is 0 Å². The first-order chi connectivity index (χ1) is 12.1. The van der Waals surface area contributed by atoms with Crippen LogP contribution < -0.4 is 5.73 Å². The Labute approximate surface area is 147 Å². The average Bonchev–Trinajstić information content (AvgIpc) is 2.93. The molecule has 1 fully saturated rings. The summed E-state index contributed by atoms with van der Waals surface area (Å²) in [5.74, 6) is 0.557. The summed E-state index contributed by atoms with van der Waals surface area (Å²) in [7, 11) is 0. The van der Waals surface area contributed by atoms with Crippen molar-refractivity contribution in [2.75, 3.05) is 6.54 Å². The van der Waals surface area contributed by atoms with Crippen molar-refractivity contribution in [3.05, 3.63) is 52.8 Å². The van der Waals surface area contributed by atoms with E-state index in [4.69, 9.17) is 16.3 Å². The molecule has 0 amide bonds.